The van der Waals surface area contributed by atoms with Crippen molar-refractivity contribution in [3.63, 3.8) is 0 Å². The van der Waals surface area contributed by atoms with Crippen molar-refractivity contribution in [1.82, 2.24) is 19.7 Å². The van der Waals surface area contributed by atoms with Gasteiger partial charge in [0.05, 0.1) is 5.39 Å². The Bertz CT molecular complexity index is 757. The zero-order valence-corrected chi connectivity index (χ0v) is 14.4. The number of nitrogens with zero attached hydrogens (tertiary/aromatic N) is 3. The van der Waals surface area contributed by atoms with E-state index >= 15 is 0 Å². The average molecular weight is 361 g/mol. The molecule has 1 aliphatic heterocycles. The summed E-state index contributed by atoms with van der Waals surface area (Å²) in [4.78, 5) is 13.9. The Morgan fingerprint density at radius 3 is 2.74 bits per heavy atom. The molecule has 2 aromatic rings. The van der Waals surface area contributed by atoms with Gasteiger partial charge < -0.3 is 9.88 Å². The number of H-pyrrole nitrogens is 1. The lowest BCUT2D eigenvalue weighted by Crippen LogP contribution is -2.46. The van der Waals surface area contributed by atoms with Crippen molar-refractivity contribution in [1.29, 1.82) is 0 Å². The molecular formula is C13H21ClN6O2S. The summed E-state index contributed by atoms with van der Waals surface area (Å²) >= 11 is 0. The number of aromatic nitrogens is 3. The van der Waals surface area contributed by atoms with E-state index in [2.05, 4.69) is 24.6 Å². The van der Waals surface area contributed by atoms with Crippen LogP contribution in [-0.2, 0) is 10.2 Å². The van der Waals surface area contributed by atoms with Crippen molar-refractivity contribution >= 4 is 39.5 Å². The number of piperidine rings is 1. The molecule has 3 heterocycles. The van der Waals surface area contributed by atoms with Crippen LogP contribution in [0.15, 0.2) is 18.6 Å². The van der Waals surface area contributed by atoms with E-state index in [1.165, 1.54) is 0 Å². The van der Waals surface area contributed by atoms with Crippen molar-refractivity contribution in [2.24, 2.45) is 11.1 Å². The van der Waals surface area contributed by atoms with Gasteiger partial charge in [-0.1, -0.05) is 0 Å². The molecule has 0 spiro atoms. The van der Waals surface area contributed by atoms with Gasteiger partial charge in [0.15, 0.2) is 0 Å². The van der Waals surface area contributed by atoms with Gasteiger partial charge >= 0.3 is 0 Å². The number of hydrogen-bond donors (Lipinski definition) is 3. The Kier molecular flexibility index (Phi) is 5.45. The van der Waals surface area contributed by atoms with Gasteiger partial charge in [-0.2, -0.15) is 13.1 Å². The number of nitrogens with two attached hydrogens (primary N) is 1. The minimum Gasteiger partial charge on any atom is -0.356 e. The van der Waals surface area contributed by atoms with Gasteiger partial charge in [-0.3, -0.25) is 0 Å². The monoisotopic (exact) mass is 360 g/mol. The third kappa shape index (κ3) is 4.11. The van der Waals surface area contributed by atoms with Crippen LogP contribution in [0.4, 0.5) is 5.82 Å². The van der Waals surface area contributed by atoms with E-state index in [0.717, 1.165) is 42.8 Å². The number of anilines is 1. The summed E-state index contributed by atoms with van der Waals surface area (Å²) in [5.74, 6) is 1.20. The molecule has 4 N–H and O–H groups in total. The van der Waals surface area contributed by atoms with E-state index in [-0.39, 0.29) is 24.4 Å². The first kappa shape index (κ1) is 17.9. The molecule has 0 radical (unpaired) electrons. The maximum atomic E-state index is 11.1. The van der Waals surface area contributed by atoms with Crippen LogP contribution >= 0.6 is 12.4 Å². The number of hydrogen-bond acceptors (Lipinski definition) is 5. The molecule has 8 nitrogen and oxygen atoms in total. The first-order valence-electron chi connectivity index (χ1n) is 7.27. The van der Waals surface area contributed by atoms with Crippen molar-refractivity contribution in [3.8, 4) is 0 Å². The van der Waals surface area contributed by atoms with Gasteiger partial charge in [0, 0.05) is 25.3 Å². The fourth-order valence-corrected chi connectivity index (χ4v) is 3.79. The second-order valence-corrected chi connectivity index (χ2v) is 7.04. The molecule has 1 atom stereocenters. The Hall–Kier alpha value is -1.42. The second kappa shape index (κ2) is 7.00. The molecule has 128 valence electrons. The summed E-state index contributed by atoms with van der Waals surface area (Å²) < 4.78 is 24.7. The lowest BCUT2D eigenvalue weighted by molar-refractivity contribution is 0.336. The van der Waals surface area contributed by atoms with Crippen LogP contribution in [0.2, 0.25) is 0 Å². The second-order valence-electron chi connectivity index (χ2n) is 5.71. The van der Waals surface area contributed by atoms with Crippen LogP contribution in [0.5, 0.6) is 0 Å². The van der Waals surface area contributed by atoms with Crippen LogP contribution < -0.4 is 14.8 Å². The molecule has 1 unspecified atom stereocenters. The molecule has 0 amide bonds. The van der Waals surface area contributed by atoms with Crippen LogP contribution in [0.3, 0.4) is 0 Å². The molecule has 0 bridgehead atoms. The molecule has 23 heavy (non-hydrogen) atoms. The summed E-state index contributed by atoms with van der Waals surface area (Å²) in [6.45, 7) is 3.52. The van der Waals surface area contributed by atoms with Crippen molar-refractivity contribution in [3.05, 3.63) is 18.6 Å². The van der Waals surface area contributed by atoms with Crippen LogP contribution in [0.1, 0.15) is 19.8 Å². The maximum Gasteiger partial charge on any atom is 0.274 e. The smallest absolute Gasteiger partial charge is 0.274 e. The molecule has 1 aliphatic rings. The third-order valence-corrected chi connectivity index (χ3v) is 4.93. The van der Waals surface area contributed by atoms with E-state index in [4.69, 9.17) is 5.14 Å². The lowest BCUT2D eigenvalue weighted by atomic mass is 9.91. The van der Waals surface area contributed by atoms with Gasteiger partial charge in [0.1, 0.15) is 17.8 Å². The minimum atomic E-state index is -3.65. The Morgan fingerprint density at radius 1 is 1.39 bits per heavy atom. The van der Waals surface area contributed by atoms with Crippen LogP contribution in [-0.4, -0.2) is 42.5 Å². The van der Waals surface area contributed by atoms with Crippen LogP contribution in [0, 0.1) is 5.92 Å². The quantitative estimate of drug-likeness (QED) is 0.744. The van der Waals surface area contributed by atoms with E-state index < -0.39 is 10.2 Å². The number of aromatic amines is 1. The van der Waals surface area contributed by atoms with E-state index in [1.54, 1.807) is 6.33 Å². The largest absolute Gasteiger partial charge is 0.356 e. The summed E-state index contributed by atoms with van der Waals surface area (Å²) in [5, 5.41) is 6.05. The molecule has 0 aromatic carbocycles. The number of fused-ring (bicyclic) bond motifs is 1. The standard InChI is InChI=1S/C13H20N6O2S.ClH/c1-9(18-22(14,20)21)10-3-6-19(7-4-10)13-11-2-5-15-12(11)16-8-17-13;/h2,5,8-10,18H,3-4,6-7H2,1H3,(H2,14,20,21)(H,15,16,17);1H. The average Bonchev–Trinajstić information content (AvgIpc) is 2.94. The molecule has 3 rings (SSSR count). The maximum absolute atomic E-state index is 11.1. The first-order chi connectivity index (χ1) is 10.4. The summed E-state index contributed by atoms with van der Waals surface area (Å²) in [6.07, 6.45) is 5.19. The van der Waals surface area contributed by atoms with Crippen LogP contribution in [0.25, 0.3) is 11.0 Å². The molecule has 1 saturated heterocycles. The van der Waals surface area contributed by atoms with Crippen molar-refractivity contribution in [2.45, 2.75) is 25.8 Å². The molecule has 2 aromatic heterocycles. The number of nitrogens with one attached hydrogen (secondary N) is 2. The lowest BCUT2D eigenvalue weighted by Gasteiger charge is -2.35. The minimum absolute atomic E-state index is 0. The Morgan fingerprint density at radius 2 is 2.09 bits per heavy atom. The SMILES string of the molecule is CC(NS(N)(=O)=O)C1CCN(c2ncnc3[nH]ccc23)CC1.Cl. The van der Waals surface area contributed by atoms with E-state index in [9.17, 15) is 8.42 Å². The zero-order valence-electron chi connectivity index (χ0n) is 12.8. The molecule has 10 heteroatoms. The zero-order chi connectivity index (χ0) is 15.7. The van der Waals surface area contributed by atoms with E-state index in [0.29, 0.717) is 0 Å². The topological polar surface area (TPSA) is 117 Å². The third-order valence-electron chi connectivity index (χ3n) is 4.23. The van der Waals surface area contributed by atoms with Crippen molar-refractivity contribution in [2.75, 3.05) is 18.0 Å². The summed E-state index contributed by atoms with van der Waals surface area (Å²) in [5.41, 5.74) is 0.830. The molecule has 0 saturated carbocycles. The summed E-state index contributed by atoms with van der Waals surface area (Å²) in [7, 11) is -3.65. The highest BCUT2D eigenvalue weighted by Crippen LogP contribution is 2.28. The highest BCUT2D eigenvalue weighted by Gasteiger charge is 2.27. The van der Waals surface area contributed by atoms with Gasteiger partial charge in [-0.25, -0.2) is 15.1 Å². The normalized spacial score (nSPS) is 17.9. The van der Waals surface area contributed by atoms with Gasteiger partial charge in [0.25, 0.3) is 10.2 Å². The summed E-state index contributed by atoms with van der Waals surface area (Å²) in [6, 6.07) is 1.82. The predicted octanol–water partition coefficient (Wildman–Crippen LogP) is 0.778. The fraction of sp³-hybridized carbons (Fsp3) is 0.538. The molecule has 0 aliphatic carbocycles. The Balaban J connectivity index is 0.00000192. The van der Waals surface area contributed by atoms with Gasteiger partial charge in [-0.15, -0.1) is 12.4 Å². The predicted molar refractivity (Wildman–Crippen MR) is 91.8 cm³/mol. The molecule has 1 fully saturated rings. The highest BCUT2D eigenvalue weighted by molar-refractivity contribution is 7.87. The van der Waals surface area contributed by atoms with Gasteiger partial charge in [0.2, 0.25) is 0 Å². The number of halogens is 1. The van der Waals surface area contributed by atoms with Gasteiger partial charge in [-0.05, 0) is 31.7 Å². The highest BCUT2D eigenvalue weighted by atomic mass is 35.5. The number of rotatable bonds is 4. The molecular weight excluding hydrogens is 340 g/mol. The first-order valence-corrected chi connectivity index (χ1v) is 8.82. The van der Waals surface area contributed by atoms with Crippen molar-refractivity contribution < 1.29 is 8.42 Å². The fourth-order valence-electron chi connectivity index (χ4n) is 3.08. The Labute approximate surface area is 141 Å². The van der Waals surface area contributed by atoms with E-state index in [1.807, 2.05) is 19.2 Å².